The van der Waals surface area contributed by atoms with Crippen molar-refractivity contribution in [2.45, 2.75) is 13.5 Å². The van der Waals surface area contributed by atoms with E-state index in [4.69, 9.17) is 11.6 Å². The van der Waals surface area contributed by atoms with Crippen LogP contribution in [-0.2, 0) is 6.54 Å². The van der Waals surface area contributed by atoms with Gasteiger partial charge in [-0.2, -0.15) is 0 Å². The molecule has 0 saturated heterocycles. The zero-order valence-corrected chi connectivity index (χ0v) is 14.6. The summed E-state index contributed by atoms with van der Waals surface area (Å²) < 4.78 is 0. The number of carbonyl (C=O) groups excluding carboxylic acids is 1. The molecule has 24 heavy (non-hydrogen) atoms. The number of amides is 2. The summed E-state index contributed by atoms with van der Waals surface area (Å²) in [4.78, 5) is 16.5. The van der Waals surface area contributed by atoms with Crippen LogP contribution in [0.15, 0.2) is 53.9 Å². The van der Waals surface area contributed by atoms with Crippen LogP contribution in [0.1, 0.15) is 11.3 Å². The molecule has 0 unspecified atom stereocenters. The number of hydrogen-bond donors (Lipinski definition) is 2. The molecule has 0 aliphatic rings. The van der Waals surface area contributed by atoms with Gasteiger partial charge in [-0.05, 0) is 30.7 Å². The summed E-state index contributed by atoms with van der Waals surface area (Å²) in [6, 6.07) is 14.9. The van der Waals surface area contributed by atoms with Crippen LogP contribution in [-0.4, -0.2) is 11.0 Å². The molecule has 0 aliphatic heterocycles. The first-order valence-corrected chi connectivity index (χ1v) is 8.68. The van der Waals surface area contributed by atoms with Gasteiger partial charge in [-0.25, -0.2) is 9.78 Å². The Morgan fingerprint density at radius 1 is 1.21 bits per heavy atom. The van der Waals surface area contributed by atoms with Crippen LogP contribution in [0.25, 0.3) is 10.6 Å². The predicted molar refractivity (Wildman–Crippen MR) is 99.6 cm³/mol. The van der Waals surface area contributed by atoms with Crippen LogP contribution >= 0.6 is 22.9 Å². The monoisotopic (exact) mass is 357 g/mol. The highest BCUT2D eigenvalue weighted by atomic mass is 35.5. The Bertz CT molecular complexity index is 863. The predicted octanol–water partition coefficient (Wildman–Crippen LogP) is 5.09. The number of carbonyl (C=O) groups is 1. The first-order chi connectivity index (χ1) is 11.6. The lowest BCUT2D eigenvalue weighted by Crippen LogP contribution is -2.28. The van der Waals surface area contributed by atoms with E-state index in [1.807, 2.05) is 17.5 Å². The van der Waals surface area contributed by atoms with Crippen LogP contribution in [0.3, 0.4) is 0 Å². The van der Waals surface area contributed by atoms with Crippen molar-refractivity contribution in [2.24, 2.45) is 0 Å². The zero-order chi connectivity index (χ0) is 16.9. The molecule has 0 spiro atoms. The molecule has 1 heterocycles. The lowest BCUT2D eigenvalue weighted by atomic mass is 10.1. The van der Waals surface area contributed by atoms with Gasteiger partial charge in [0.15, 0.2) is 0 Å². The molecular weight excluding hydrogens is 342 g/mol. The highest BCUT2D eigenvalue weighted by Gasteiger charge is 2.08. The average Bonchev–Trinajstić information content (AvgIpc) is 3.02. The fourth-order valence-corrected chi connectivity index (χ4v) is 3.34. The highest BCUT2D eigenvalue weighted by molar-refractivity contribution is 7.13. The summed E-state index contributed by atoms with van der Waals surface area (Å²) in [7, 11) is 0. The van der Waals surface area contributed by atoms with Crippen molar-refractivity contribution in [2.75, 3.05) is 5.32 Å². The van der Waals surface area contributed by atoms with Crippen LogP contribution < -0.4 is 10.6 Å². The third kappa shape index (κ3) is 4.13. The van der Waals surface area contributed by atoms with Crippen LogP contribution in [0.4, 0.5) is 10.5 Å². The lowest BCUT2D eigenvalue weighted by molar-refractivity contribution is 0.251. The van der Waals surface area contributed by atoms with Gasteiger partial charge in [-0.3, -0.25) is 0 Å². The van der Waals surface area contributed by atoms with Gasteiger partial charge < -0.3 is 10.6 Å². The van der Waals surface area contributed by atoms with E-state index in [9.17, 15) is 4.79 Å². The Hall–Kier alpha value is -2.37. The summed E-state index contributed by atoms with van der Waals surface area (Å²) in [5, 5.41) is 9.04. The number of aromatic nitrogens is 1. The average molecular weight is 358 g/mol. The van der Waals surface area contributed by atoms with Gasteiger partial charge >= 0.3 is 6.03 Å². The largest absolute Gasteiger partial charge is 0.332 e. The molecule has 2 aromatic carbocycles. The minimum absolute atomic E-state index is 0.289. The molecule has 0 fully saturated rings. The summed E-state index contributed by atoms with van der Waals surface area (Å²) in [6.07, 6.45) is 0. The van der Waals surface area contributed by atoms with Gasteiger partial charge in [0.1, 0.15) is 5.01 Å². The normalized spacial score (nSPS) is 10.4. The van der Waals surface area contributed by atoms with Crippen LogP contribution in [0.2, 0.25) is 5.02 Å². The first-order valence-electron chi connectivity index (χ1n) is 7.42. The summed E-state index contributed by atoms with van der Waals surface area (Å²) in [5.74, 6) is 0. The van der Waals surface area contributed by atoms with E-state index in [0.717, 1.165) is 16.3 Å². The number of hydrogen-bond acceptors (Lipinski definition) is 3. The second kappa shape index (κ2) is 7.47. The Kier molecular flexibility index (Phi) is 5.13. The molecule has 6 heteroatoms. The smallest absolute Gasteiger partial charge is 0.319 e. The third-order valence-electron chi connectivity index (χ3n) is 3.44. The second-order valence-electron chi connectivity index (χ2n) is 5.28. The first kappa shape index (κ1) is 16.5. The highest BCUT2D eigenvalue weighted by Crippen LogP contribution is 2.26. The molecule has 1 aromatic heterocycles. The Labute approximate surface area is 149 Å². The molecule has 3 aromatic rings. The molecule has 0 aliphatic carbocycles. The van der Waals surface area contributed by atoms with Crippen molar-refractivity contribution in [1.82, 2.24) is 10.3 Å². The number of anilines is 1. The third-order valence-corrected chi connectivity index (χ3v) is 4.60. The SMILES string of the molecule is Cc1ccccc1-c1nc(CNC(=O)Nc2cccc(Cl)c2)cs1. The number of thiazole rings is 1. The molecule has 0 atom stereocenters. The molecule has 3 rings (SSSR count). The molecule has 0 saturated carbocycles. The zero-order valence-electron chi connectivity index (χ0n) is 13.0. The number of rotatable bonds is 4. The van der Waals surface area contributed by atoms with Crippen LogP contribution in [0.5, 0.6) is 0 Å². The van der Waals surface area contributed by atoms with E-state index < -0.39 is 0 Å². The van der Waals surface area contributed by atoms with Gasteiger partial charge in [-0.15, -0.1) is 11.3 Å². The molecule has 0 radical (unpaired) electrons. The number of urea groups is 1. The molecule has 0 bridgehead atoms. The maximum atomic E-state index is 11.9. The number of benzene rings is 2. The number of halogens is 1. The topological polar surface area (TPSA) is 54.0 Å². The molecule has 4 nitrogen and oxygen atoms in total. The minimum Gasteiger partial charge on any atom is -0.332 e. The maximum absolute atomic E-state index is 11.9. The minimum atomic E-state index is -0.289. The molecule has 122 valence electrons. The van der Waals surface area contributed by atoms with E-state index in [-0.39, 0.29) is 6.03 Å². The van der Waals surface area contributed by atoms with Gasteiger partial charge in [0.25, 0.3) is 0 Å². The van der Waals surface area contributed by atoms with Gasteiger partial charge in [-0.1, -0.05) is 41.9 Å². The van der Waals surface area contributed by atoms with Crippen molar-refractivity contribution in [1.29, 1.82) is 0 Å². The number of nitrogens with zero attached hydrogens (tertiary/aromatic N) is 1. The standard InChI is InChI=1S/C18H16ClN3OS/c1-12-5-2-3-8-16(12)17-21-15(11-24-17)10-20-18(23)22-14-7-4-6-13(19)9-14/h2-9,11H,10H2,1H3,(H2,20,22,23). The van der Waals surface area contributed by atoms with Crippen molar-refractivity contribution in [3.63, 3.8) is 0 Å². The van der Waals surface area contributed by atoms with Gasteiger partial charge in [0.2, 0.25) is 0 Å². The van der Waals surface area contributed by atoms with Crippen molar-refractivity contribution in [3.8, 4) is 10.6 Å². The Morgan fingerprint density at radius 2 is 2.04 bits per heavy atom. The fraction of sp³-hybridized carbons (Fsp3) is 0.111. The lowest BCUT2D eigenvalue weighted by Gasteiger charge is -2.06. The van der Waals surface area contributed by atoms with E-state index >= 15 is 0 Å². The van der Waals surface area contributed by atoms with E-state index in [0.29, 0.717) is 17.3 Å². The van der Waals surface area contributed by atoms with Gasteiger partial charge in [0.05, 0.1) is 12.2 Å². The maximum Gasteiger partial charge on any atom is 0.319 e. The van der Waals surface area contributed by atoms with E-state index in [2.05, 4.69) is 34.7 Å². The Morgan fingerprint density at radius 3 is 2.83 bits per heavy atom. The van der Waals surface area contributed by atoms with Crippen molar-refractivity contribution >= 4 is 34.7 Å². The van der Waals surface area contributed by atoms with E-state index in [1.165, 1.54) is 5.56 Å². The van der Waals surface area contributed by atoms with Crippen molar-refractivity contribution < 1.29 is 4.79 Å². The number of aryl methyl sites for hydroxylation is 1. The summed E-state index contributed by atoms with van der Waals surface area (Å²) in [5.41, 5.74) is 3.79. The quantitative estimate of drug-likeness (QED) is 0.683. The second-order valence-corrected chi connectivity index (χ2v) is 6.57. The Balaban J connectivity index is 1.59. The summed E-state index contributed by atoms with van der Waals surface area (Å²) in [6.45, 7) is 2.43. The summed E-state index contributed by atoms with van der Waals surface area (Å²) >= 11 is 7.47. The van der Waals surface area contributed by atoms with Crippen molar-refractivity contribution in [3.05, 3.63) is 70.2 Å². The fourth-order valence-electron chi connectivity index (χ4n) is 2.24. The molecule has 2 N–H and O–H groups in total. The number of nitrogens with one attached hydrogen (secondary N) is 2. The van der Waals surface area contributed by atoms with E-state index in [1.54, 1.807) is 35.6 Å². The molecular formula is C18H16ClN3OS. The van der Waals surface area contributed by atoms with Gasteiger partial charge in [0, 0.05) is 21.7 Å². The molecule has 2 amide bonds. The van der Waals surface area contributed by atoms with Crippen LogP contribution in [0, 0.1) is 6.92 Å².